The van der Waals surface area contributed by atoms with Crippen LogP contribution in [0.5, 0.6) is 0 Å². The van der Waals surface area contributed by atoms with Gasteiger partial charge in [-0.15, -0.1) is 0 Å². The number of H-pyrrole nitrogens is 1. The third kappa shape index (κ3) is 4.52. The van der Waals surface area contributed by atoms with Gasteiger partial charge in [0, 0.05) is 30.3 Å². The van der Waals surface area contributed by atoms with E-state index in [9.17, 15) is 32.8 Å². The van der Waals surface area contributed by atoms with E-state index in [1.54, 1.807) is 0 Å². The largest absolute Gasteiger partial charge is 0.356 e. The van der Waals surface area contributed by atoms with Gasteiger partial charge in [-0.3, -0.25) is 14.4 Å². The molecule has 1 aromatic heterocycles. The minimum Gasteiger partial charge on any atom is -0.356 e. The summed E-state index contributed by atoms with van der Waals surface area (Å²) in [6.07, 6.45) is 1.06. The average molecular weight is 536 g/mol. The zero-order valence-electron chi connectivity index (χ0n) is 19.7. The van der Waals surface area contributed by atoms with E-state index in [1.165, 1.54) is 12.1 Å². The number of nitriles is 1. The molecule has 4 heterocycles. The Kier molecular flexibility index (Phi) is 6.56. The van der Waals surface area contributed by atoms with E-state index in [-0.39, 0.29) is 46.8 Å². The van der Waals surface area contributed by atoms with Crippen LogP contribution in [0, 0.1) is 29.0 Å². The molecule has 6 rings (SSSR count). The minimum absolute atomic E-state index is 0.0366. The van der Waals surface area contributed by atoms with Gasteiger partial charge in [0.1, 0.15) is 23.6 Å². The topological polar surface area (TPSA) is 118 Å². The van der Waals surface area contributed by atoms with Crippen LogP contribution < -0.4 is 10.6 Å². The second kappa shape index (κ2) is 9.56. The lowest BCUT2D eigenvalue weighted by atomic mass is 9.71. The number of piperidine rings is 3. The van der Waals surface area contributed by atoms with Crippen molar-refractivity contribution in [2.75, 3.05) is 6.54 Å². The Hall–Kier alpha value is -3.26. The summed E-state index contributed by atoms with van der Waals surface area (Å²) in [5, 5.41) is 15.1. The number of fused-ring (bicyclic) bond motifs is 4. The first-order chi connectivity index (χ1) is 17.6. The van der Waals surface area contributed by atoms with Gasteiger partial charge in [-0.25, -0.2) is 13.2 Å². The fourth-order valence-electron chi connectivity index (χ4n) is 5.95. The van der Waals surface area contributed by atoms with Crippen LogP contribution in [0.2, 0.25) is 5.02 Å². The lowest BCUT2D eigenvalue weighted by molar-refractivity contribution is -0.179. The summed E-state index contributed by atoms with van der Waals surface area (Å²) in [6, 6.07) is 2.15. The normalized spacial score (nSPS) is 27.4. The molecular formula is C25H25ClF3N5O3. The van der Waals surface area contributed by atoms with Gasteiger partial charge < -0.3 is 20.5 Å². The van der Waals surface area contributed by atoms with Crippen LogP contribution in [0.3, 0.4) is 0 Å². The molecule has 4 aliphatic rings. The standard InChI is InChI=1S/C25H25ClF3N5O3/c26-17-5-6-18(27)15-9-19(33-20(15)17)24(37)34-14-3-4-16(25(28,29)10-14)21(34)23(36)32-13(11-30)8-12-2-1-7-31-22(12)35/h5-6,9,12-14,16,21,33H,1-4,7-8,10H2,(H,31,35)(H,32,36)/t12-,13+,14+,16+,21+/m1/s1. The molecule has 2 aromatic rings. The summed E-state index contributed by atoms with van der Waals surface area (Å²) >= 11 is 6.13. The Bertz CT molecular complexity index is 1270. The molecule has 4 fully saturated rings. The van der Waals surface area contributed by atoms with Crippen LogP contribution in [0.25, 0.3) is 10.9 Å². The van der Waals surface area contributed by atoms with Gasteiger partial charge in [0.25, 0.3) is 11.8 Å². The number of hydrogen-bond acceptors (Lipinski definition) is 4. The number of amides is 3. The highest BCUT2D eigenvalue weighted by atomic mass is 35.5. The zero-order chi connectivity index (χ0) is 26.5. The monoisotopic (exact) mass is 535 g/mol. The van der Waals surface area contributed by atoms with E-state index < -0.39 is 59.9 Å². The molecule has 1 aliphatic carbocycles. The lowest BCUT2D eigenvalue weighted by Gasteiger charge is -2.53. The summed E-state index contributed by atoms with van der Waals surface area (Å²) in [6.45, 7) is 0.541. The van der Waals surface area contributed by atoms with Gasteiger partial charge in [0.2, 0.25) is 11.8 Å². The Balaban J connectivity index is 1.43. The molecule has 12 heteroatoms. The first-order valence-corrected chi connectivity index (χ1v) is 12.6. The average Bonchev–Trinajstić information content (AvgIpc) is 3.33. The van der Waals surface area contributed by atoms with E-state index >= 15 is 0 Å². The van der Waals surface area contributed by atoms with Gasteiger partial charge in [0.05, 0.1) is 22.5 Å². The molecule has 196 valence electrons. The predicted octanol–water partition coefficient (Wildman–Crippen LogP) is 3.51. The van der Waals surface area contributed by atoms with Crippen LogP contribution in [-0.2, 0) is 9.59 Å². The van der Waals surface area contributed by atoms with Crippen LogP contribution in [0.1, 0.15) is 49.0 Å². The first kappa shape index (κ1) is 25.4. The molecule has 1 aromatic carbocycles. The summed E-state index contributed by atoms with van der Waals surface area (Å²) in [7, 11) is 0. The Labute approximate surface area is 215 Å². The molecular weight excluding hydrogens is 511 g/mol. The van der Waals surface area contributed by atoms with Crippen molar-refractivity contribution in [2.24, 2.45) is 11.8 Å². The molecule has 37 heavy (non-hydrogen) atoms. The summed E-state index contributed by atoms with van der Waals surface area (Å²) < 4.78 is 44.2. The van der Waals surface area contributed by atoms with Gasteiger partial charge in [-0.1, -0.05) is 11.6 Å². The highest BCUT2D eigenvalue weighted by Gasteiger charge is 2.60. The van der Waals surface area contributed by atoms with Crippen molar-refractivity contribution in [3.05, 3.63) is 34.7 Å². The van der Waals surface area contributed by atoms with Gasteiger partial charge >= 0.3 is 0 Å². The highest BCUT2D eigenvalue weighted by Crippen LogP contribution is 2.49. The van der Waals surface area contributed by atoms with Crippen molar-refractivity contribution in [1.82, 2.24) is 20.5 Å². The Morgan fingerprint density at radius 3 is 2.76 bits per heavy atom. The number of carbonyl (C=O) groups is 3. The number of aromatic amines is 1. The number of nitrogens with zero attached hydrogens (tertiary/aromatic N) is 2. The van der Waals surface area contributed by atoms with Crippen molar-refractivity contribution in [2.45, 2.75) is 62.6 Å². The zero-order valence-corrected chi connectivity index (χ0v) is 20.5. The first-order valence-electron chi connectivity index (χ1n) is 12.3. The number of aromatic nitrogens is 1. The summed E-state index contributed by atoms with van der Waals surface area (Å²) in [5.41, 5.74) is 0.111. The maximum Gasteiger partial charge on any atom is 0.271 e. The van der Waals surface area contributed by atoms with Crippen LogP contribution in [0.15, 0.2) is 18.2 Å². The van der Waals surface area contributed by atoms with Crippen molar-refractivity contribution in [3.8, 4) is 6.07 Å². The van der Waals surface area contributed by atoms with Crippen molar-refractivity contribution in [1.29, 1.82) is 5.26 Å². The number of hydrogen-bond donors (Lipinski definition) is 3. The number of nitrogens with one attached hydrogen (secondary N) is 3. The molecule has 3 amide bonds. The molecule has 3 aliphatic heterocycles. The van der Waals surface area contributed by atoms with E-state index in [4.69, 9.17) is 11.6 Å². The highest BCUT2D eigenvalue weighted by molar-refractivity contribution is 6.35. The molecule has 2 bridgehead atoms. The number of halogens is 4. The molecule has 5 atom stereocenters. The Morgan fingerprint density at radius 2 is 2.08 bits per heavy atom. The third-order valence-electron chi connectivity index (χ3n) is 7.75. The fraction of sp³-hybridized carbons (Fsp3) is 0.520. The molecule has 3 saturated heterocycles. The third-order valence-corrected chi connectivity index (χ3v) is 8.07. The van der Waals surface area contributed by atoms with Crippen molar-refractivity contribution >= 4 is 40.2 Å². The number of rotatable bonds is 5. The van der Waals surface area contributed by atoms with Crippen molar-refractivity contribution in [3.63, 3.8) is 0 Å². The van der Waals surface area contributed by atoms with Crippen LogP contribution >= 0.6 is 11.6 Å². The van der Waals surface area contributed by atoms with E-state index in [2.05, 4.69) is 15.6 Å². The van der Waals surface area contributed by atoms with Gasteiger partial charge in [-0.2, -0.15) is 5.26 Å². The summed E-state index contributed by atoms with van der Waals surface area (Å²) in [5.74, 6) is -7.52. The number of alkyl halides is 2. The molecule has 3 N–H and O–H groups in total. The second-order valence-electron chi connectivity index (χ2n) is 10.0. The molecule has 0 unspecified atom stereocenters. The van der Waals surface area contributed by atoms with E-state index in [1.807, 2.05) is 6.07 Å². The minimum atomic E-state index is -3.18. The van der Waals surface area contributed by atoms with Crippen molar-refractivity contribution < 1.29 is 27.6 Å². The lowest BCUT2D eigenvalue weighted by Crippen LogP contribution is -2.68. The fourth-order valence-corrected chi connectivity index (χ4v) is 6.16. The molecule has 0 radical (unpaired) electrons. The maximum absolute atomic E-state index is 15.0. The molecule has 0 spiro atoms. The number of carbonyl (C=O) groups excluding carboxylic acids is 3. The van der Waals surface area contributed by atoms with Crippen LogP contribution in [0.4, 0.5) is 13.2 Å². The van der Waals surface area contributed by atoms with Gasteiger partial charge in [0.15, 0.2) is 0 Å². The smallest absolute Gasteiger partial charge is 0.271 e. The SMILES string of the molecule is N#C[C@H](C[C@H]1CCCNC1=O)NC(=O)[C@@H]1[C@@H]2CC[C@@H](CC2(F)F)N1C(=O)c1cc2c(F)ccc(Cl)c2[nH]1. The van der Waals surface area contributed by atoms with Crippen LogP contribution in [-0.4, -0.2) is 58.2 Å². The molecule has 8 nitrogen and oxygen atoms in total. The Morgan fingerprint density at radius 1 is 1.30 bits per heavy atom. The summed E-state index contributed by atoms with van der Waals surface area (Å²) in [4.78, 5) is 43.1. The predicted molar refractivity (Wildman–Crippen MR) is 127 cm³/mol. The second-order valence-corrected chi connectivity index (χ2v) is 10.4. The number of benzene rings is 1. The van der Waals surface area contributed by atoms with E-state index in [0.29, 0.717) is 13.0 Å². The quantitative estimate of drug-likeness (QED) is 0.543. The van der Waals surface area contributed by atoms with Gasteiger partial charge in [-0.05, 0) is 50.3 Å². The molecule has 1 saturated carbocycles. The van der Waals surface area contributed by atoms with E-state index in [0.717, 1.165) is 17.4 Å². The maximum atomic E-state index is 15.0.